The second kappa shape index (κ2) is 8.71. The third-order valence-corrected chi connectivity index (χ3v) is 5.09. The third kappa shape index (κ3) is 5.23. The average molecular weight is 376 g/mol. The van der Waals surface area contributed by atoms with E-state index in [9.17, 15) is 13.2 Å². The summed E-state index contributed by atoms with van der Waals surface area (Å²) in [5.74, 6) is 0.379. The monoisotopic (exact) mass is 376 g/mol. The Labute approximate surface area is 154 Å². The Morgan fingerprint density at radius 2 is 1.73 bits per heavy atom. The van der Waals surface area contributed by atoms with Crippen molar-refractivity contribution in [3.05, 3.63) is 60.2 Å². The molecule has 0 heterocycles. The number of anilines is 1. The molecule has 1 amide bonds. The molecule has 0 aliphatic carbocycles. The minimum atomic E-state index is -3.60. The predicted molar refractivity (Wildman–Crippen MR) is 103 cm³/mol. The number of carbonyl (C=O) groups is 1. The molecule has 1 N–H and O–H groups in total. The zero-order valence-corrected chi connectivity index (χ0v) is 16.0. The fourth-order valence-corrected chi connectivity index (χ4v) is 3.76. The van der Waals surface area contributed by atoms with E-state index in [0.717, 1.165) is 21.9 Å². The molecule has 1 unspecified atom stereocenters. The number of nitrogens with zero attached hydrogens (tertiary/aromatic N) is 1. The van der Waals surface area contributed by atoms with Crippen LogP contribution in [-0.4, -0.2) is 39.8 Å². The number of benzene rings is 2. The number of hydrogen-bond donors (Lipinski definition) is 1. The second-order valence-electron chi connectivity index (χ2n) is 5.98. The van der Waals surface area contributed by atoms with Gasteiger partial charge in [0.1, 0.15) is 18.4 Å². The smallest absolute Gasteiger partial charge is 0.243 e. The maximum atomic E-state index is 12.4. The van der Waals surface area contributed by atoms with Crippen molar-refractivity contribution in [2.75, 3.05) is 23.7 Å². The Morgan fingerprint density at radius 1 is 1.12 bits per heavy atom. The fourth-order valence-electron chi connectivity index (χ4n) is 2.59. The minimum absolute atomic E-state index is 0.282. The highest BCUT2D eigenvalue weighted by Crippen LogP contribution is 2.20. The maximum absolute atomic E-state index is 12.4. The lowest BCUT2D eigenvalue weighted by Crippen LogP contribution is -2.48. The molecular weight excluding hydrogens is 352 g/mol. The van der Waals surface area contributed by atoms with Crippen LogP contribution in [0.2, 0.25) is 0 Å². The van der Waals surface area contributed by atoms with Gasteiger partial charge in [0.15, 0.2) is 0 Å². The van der Waals surface area contributed by atoms with Crippen LogP contribution in [0.25, 0.3) is 0 Å². The SMILES string of the molecule is Cc1ccccc1OCCNC(=O)C(C)N(c1ccccc1)S(C)(=O)=O. The molecule has 7 heteroatoms. The molecule has 140 valence electrons. The van der Waals surface area contributed by atoms with Crippen molar-refractivity contribution in [2.24, 2.45) is 0 Å². The van der Waals surface area contributed by atoms with E-state index in [2.05, 4.69) is 5.32 Å². The summed E-state index contributed by atoms with van der Waals surface area (Å²) >= 11 is 0. The molecule has 0 radical (unpaired) electrons. The number of carbonyl (C=O) groups excluding carboxylic acids is 1. The first-order valence-electron chi connectivity index (χ1n) is 8.31. The Balaban J connectivity index is 1.96. The van der Waals surface area contributed by atoms with Gasteiger partial charge in [-0.25, -0.2) is 8.42 Å². The fraction of sp³-hybridized carbons (Fsp3) is 0.316. The average Bonchev–Trinajstić information content (AvgIpc) is 2.59. The summed E-state index contributed by atoms with van der Waals surface area (Å²) in [6.07, 6.45) is 1.09. The first kappa shape index (κ1) is 19.8. The van der Waals surface area contributed by atoms with Gasteiger partial charge in [0, 0.05) is 0 Å². The molecule has 0 fully saturated rings. The number of nitrogens with one attached hydrogen (secondary N) is 1. The molecule has 1 atom stereocenters. The second-order valence-corrected chi connectivity index (χ2v) is 7.83. The molecule has 0 saturated carbocycles. The molecule has 0 aromatic heterocycles. The molecule has 0 spiro atoms. The summed E-state index contributed by atoms with van der Waals surface area (Å²) in [5, 5.41) is 2.72. The van der Waals surface area contributed by atoms with Crippen LogP contribution in [0.3, 0.4) is 0 Å². The van der Waals surface area contributed by atoms with Crippen LogP contribution in [0.5, 0.6) is 5.75 Å². The largest absolute Gasteiger partial charge is 0.491 e. The normalized spacial score (nSPS) is 12.3. The molecule has 2 aromatic carbocycles. The molecule has 0 aliphatic rings. The summed E-state index contributed by atoms with van der Waals surface area (Å²) in [4.78, 5) is 12.4. The van der Waals surface area contributed by atoms with E-state index < -0.39 is 16.1 Å². The summed E-state index contributed by atoms with van der Waals surface area (Å²) in [5.41, 5.74) is 1.47. The first-order chi connectivity index (χ1) is 12.3. The highest BCUT2D eigenvalue weighted by molar-refractivity contribution is 7.92. The zero-order valence-electron chi connectivity index (χ0n) is 15.2. The van der Waals surface area contributed by atoms with Crippen LogP contribution in [0, 0.1) is 6.92 Å². The maximum Gasteiger partial charge on any atom is 0.243 e. The van der Waals surface area contributed by atoms with Crippen molar-refractivity contribution in [3.63, 3.8) is 0 Å². The first-order valence-corrected chi connectivity index (χ1v) is 10.2. The molecule has 0 aliphatic heterocycles. The summed E-state index contributed by atoms with van der Waals surface area (Å²) < 4.78 is 31.1. The Morgan fingerprint density at radius 3 is 2.35 bits per heavy atom. The van der Waals surface area contributed by atoms with Crippen molar-refractivity contribution in [1.82, 2.24) is 5.32 Å². The van der Waals surface area contributed by atoms with Gasteiger partial charge >= 0.3 is 0 Å². The lowest BCUT2D eigenvalue weighted by molar-refractivity contribution is -0.121. The number of sulfonamides is 1. The Kier molecular flexibility index (Phi) is 6.63. The summed E-state index contributed by atoms with van der Waals surface area (Å²) in [7, 11) is -3.60. The molecule has 0 bridgehead atoms. The number of rotatable bonds is 8. The summed E-state index contributed by atoms with van der Waals surface area (Å²) in [6.45, 7) is 4.09. The van der Waals surface area contributed by atoms with Gasteiger partial charge in [-0.15, -0.1) is 0 Å². The molecule has 2 rings (SSSR count). The van der Waals surface area contributed by atoms with Crippen LogP contribution >= 0.6 is 0 Å². The van der Waals surface area contributed by atoms with Crippen molar-refractivity contribution in [1.29, 1.82) is 0 Å². The number of ether oxygens (including phenoxy) is 1. The predicted octanol–water partition coefficient (Wildman–Crippen LogP) is 2.34. The van der Waals surface area contributed by atoms with Crippen molar-refractivity contribution in [2.45, 2.75) is 19.9 Å². The quantitative estimate of drug-likeness (QED) is 0.718. The topological polar surface area (TPSA) is 75.7 Å². The number of aryl methyl sites for hydroxylation is 1. The molecule has 0 saturated heterocycles. The van der Waals surface area contributed by atoms with Gasteiger partial charge in [-0.3, -0.25) is 9.10 Å². The zero-order chi connectivity index (χ0) is 19.2. The van der Waals surface area contributed by atoms with Crippen LogP contribution < -0.4 is 14.4 Å². The summed E-state index contributed by atoms with van der Waals surface area (Å²) in [6, 6.07) is 15.3. The third-order valence-electron chi connectivity index (χ3n) is 3.85. The lowest BCUT2D eigenvalue weighted by atomic mass is 10.2. The van der Waals surface area contributed by atoms with E-state index in [0.29, 0.717) is 12.3 Å². The van der Waals surface area contributed by atoms with Gasteiger partial charge in [0.2, 0.25) is 15.9 Å². The van der Waals surface area contributed by atoms with Gasteiger partial charge in [0.25, 0.3) is 0 Å². The van der Waals surface area contributed by atoms with Crippen molar-refractivity contribution in [3.8, 4) is 5.75 Å². The van der Waals surface area contributed by atoms with E-state index in [1.807, 2.05) is 31.2 Å². The molecule has 2 aromatic rings. The minimum Gasteiger partial charge on any atom is -0.491 e. The number of hydrogen-bond acceptors (Lipinski definition) is 4. The molecule has 26 heavy (non-hydrogen) atoms. The van der Waals surface area contributed by atoms with E-state index in [-0.39, 0.29) is 12.5 Å². The van der Waals surface area contributed by atoms with Crippen molar-refractivity contribution < 1.29 is 17.9 Å². The lowest BCUT2D eigenvalue weighted by Gasteiger charge is -2.28. The van der Waals surface area contributed by atoms with Gasteiger partial charge in [-0.1, -0.05) is 36.4 Å². The Hall–Kier alpha value is -2.54. The highest BCUT2D eigenvalue weighted by Gasteiger charge is 2.28. The number of amides is 1. The van der Waals surface area contributed by atoms with Gasteiger partial charge < -0.3 is 10.1 Å². The van der Waals surface area contributed by atoms with E-state index >= 15 is 0 Å². The van der Waals surface area contributed by atoms with Gasteiger partial charge in [-0.2, -0.15) is 0 Å². The standard InChI is InChI=1S/C19H24N2O4S/c1-15-9-7-8-12-18(15)25-14-13-20-19(22)16(2)21(26(3,23)24)17-10-5-4-6-11-17/h4-12,16H,13-14H2,1-3H3,(H,20,22). The van der Waals surface area contributed by atoms with E-state index in [4.69, 9.17) is 4.74 Å². The number of para-hydroxylation sites is 2. The van der Waals surface area contributed by atoms with E-state index in [1.165, 1.54) is 0 Å². The molecular formula is C19H24N2O4S. The van der Waals surface area contributed by atoms with Gasteiger partial charge in [-0.05, 0) is 37.6 Å². The van der Waals surface area contributed by atoms with Crippen LogP contribution in [0.15, 0.2) is 54.6 Å². The van der Waals surface area contributed by atoms with Crippen LogP contribution in [-0.2, 0) is 14.8 Å². The van der Waals surface area contributed by atoms with E-state index in [1.54, 1.807) is 37.3 Å². The Bertz CT molecular complexity index is 838. The van der Waals surface area contributed by atoms with Crippen LogP contribution in [0.4, 0.5) is 5.69 Å². The molecule has 6 nitrogen and oxygen atoms in total. The van der Waals surface area contributed by atoms with Crippen LogP contribution in [0.1, 0.15) is 12.5 Å². The highest BCUT2D eigenvalue weighted by atomic mass is 32.2. The van der Waals surface area contributed by atoms with Gasteiger partial charge in [0.05, 0.1) is 18.5 Å². The van der Waals surface area contributed by atoms with Crippen molar-refractivity contribution >= 4 is 21.6 Å².